The lowest BCUT2D eigenvalue weighted by atomic mass is 10.4. The zero-order chi connectivity index (χ0) is 13.0. The summed E-state index contributed by atoms with van der Waals surface area (Å²) in [7, 11) is 0. The first-order valence-corrected chi connectivity index (χ1v) is 5.74. The SMILES string of the molecule is OCc1ccc(C=NNc2ncc(Cl)cc2Cl)o1. The van der Waals surface area contributed by atoms with Gasteiger partial charge in [0.15, 0.2) is 5.82 Å². The molecule has 2 heterocycles. The van der Waals surface area contributed by atoms with Gasteiger partial charge in [0.25, 0.3) is 0 Å². The van der Waals surface area contributed by atoms with Gasteiger partial charge >= 0.3 is 0 Å². The van der Waals surface area contributed by atoms with Crippen molar-refractivity contribution < 1.29 is 9.52 Å². The Morgan fingerprint density at radius 3 is 2.94 bits per heavy atom. The molecule has 0 saturated heterocycles. The van der Waals surface area contributed by atoms with E-state index in [-0.39, 0.29) is 6.61 Å². The Balaban J connectivity index is 2.02. The maximum absolute atomic E-state index is 8.82. The second-order valence-electron chi connectivity index (χ2n) is 3.32. The van der Waals surface area contributed by atoms with E-state index in [1.807, 2.05) is 0 Å². The normalized spacial score (nSPS) is 11.1. The van der Waals surface area contributed by atoms with Crippen LogP contribution in [0.2, 0.25) is 10.0 Å². The van der Waals surface area contributed by atoms with Crippen LogP contribution in [-0.2, 0) is 6.61 Å². The van der Waals surface area contributed by atoms with Crippen LogP contribution < -0.4 is 5.43 Å². The molecule has 0 amide bonds. The van der Waals surface area contributed by atoms with Crippen molar-refractivity contribution in [3.8, 4) is 0 Å². The molecular weight excluding hydrogens is 277 g/mol. The number of hydrogen-bond acceptors (Lipinski definition) is 5. The van der Waals surface area contributed by atoms with Crippen LogP contribution in [0.1, 0.15) is 11.5 Å². The zero-order valence-electron chi connectivity index (χ0n) is 9.10. The first-order valence-electron chi connectivity index (χ1n) is 4.98. The van der Waals surface area contributed by atoms with Gasteiger partial charge < -0.3 is 9.52 Å². The van der Waals surface area contributed by atoms with Gasteiger partial charge in [0.2, 0.25) is 0 Å². The van der Waals surface area contributed by atoms with Crippen LogP contribution in [0.15, 0.2) is 33.9 Å². The summed E-state index contributed by atoms with van der Waals surface area (Å²) >= 11 is 11.6. The van der Waals surface area contributed by atoms with Crippen LogP contribution in [0.3, 0.4) is 0 Å². The lowest BCUT2D eigenvalue weighted by Crippen LogP contribution is -1.93. The van der Waals surface area contributed by atoms with Gasteiger partial charge in [-0.25, -0.2) is 4.98 Å². The van der Waals surface area contributed by atoms with Gasteiger partial charge in [0, 0.05) is 6.20 Å². The smallest absolute Gasteiger partial charge is 0.165 e. The number of anilines is 1. The number of aliphatic hydroxyl groups excluding tert-OH is 1. The van der Waals surface area contributed by atoms with Gasteiger partial charge in [-0.15, -0.1) is 0 Å². The topological polar surface area (TPSA) is 70.7 Å². The second-order valence-corrected chi connectivity index (χ2v) is 4.16. The quantitative estimate of drug-likeness (QED) is 0.669. The van der Waals surface area contributed by atoms with E-state index in [1.165, 1.54) is 12.4 Å². The summed E-state index contributed by atoms with van der Waals surface area (Å²) in [5, 5.41) is 13.6. The lowest BCUT2D eigenvalue weighted by Gasteiger charge is -2.01. The van der Waals surface area contributed by atoms with Crippen molar-refractivity contribution >= 4 is 35.2 Å². The van der Waals surface area contributed by atoms with Gasteiger partial charge in [0.05, 0.1) is 16.3 Å². The first kappa shape index (κ1) is 12.9. The number of aliphatic hydroxyl groups is 1. The number of aromatic nitrogens is 1. The molecule has 0 unspecified atom stereocenters. The fourth-order valence-corrected chi connectivity index (χ4v) is 1.63. The minimum Gasteiger partial charge on any atom is -0.458 e. The molecule has 0 aliphatic carbocycles. The maximum atomic E-state index is 8.82. The molecular formula is C11H9Cl2N3O2. The van der Waals surface area contributed by atoms with Crippen molar-refractivity contribution in [3.05, 3.63) is 46.0 Å². The predicted octanol–water partition coefficient (Wildman–Crippen LogP) is 2.92. The van der Waals surface area contributed by atoms with Gasteiger partial charge in [-0.2, -0.15) is 5.10 Å². The van der Waals surface area contributed by atoms with Gasteiger partial charge in [0.1, 0.15) is 18.1 Å². The van der Waals surface area contributed by atoms with Crippen molar-refractivity contribution in [2.24, 2.45) is 5.10 Å². The van der Waals surface area contributed by atoms with E-state index in [2.05, 4.69) is 15.5 Å². The summed E-state index contributed by atoms with van der Waals surface area (Å²) in [6.07, 6.45) is 2.91. The third kappa shape index (κ3) is 3.22. The van der Waals surface area contributed by atoms with E-state index in [9.17, 15) is 0 Å². The fraction of sp³-hybridized carbons (Fsp3) is 0.0909. The highest BCUT2D eigenvalue weighted by atomic mass is 35.5. The molecule has 0 atom stereocenters. The van der Waals surface area contributed by atoms with E-state index in [4.69, 9.17) is 32.7 Å². The number of rotatable bonds is 4. The molecule has 94 valence electrons. The number of nitrogens with zero attached hydrogens (tertiary/aromatic N) is 2. The van der Waals surface area contributed by atoms with Crippen LogP contribution in [0.25, 0.3) is 0 Å². The van der Waals surface area contributed by atoms with Crippen molar-refractivity contribution in [2.45, 2.75) is 6.61 Å². The van der Waals surface area contributed by atoms with Gasteiger partial charge in [-0.1, -0.05) is 23.2 Å². The highest BCUT2D eigenvalue weighted by Gasteiger charge is 2.01. The highest BCUT2D eigenvalue weighted by Crippen LogP contribution is 2.22. The van der Waals surface area contributed by atoms with Crippen LogP contribution in [0.5, 0.6) is 0 Å². The molecule has 0 fully saturated rings. The van der Waals surface area contributed by atoms with Crippen LogP contribution in [-0.4, -0.2) is 16.3 Å². The van der Waals surface area contributed by atoms with E-state index >= 15 is 0 Å². The summed E-state index contributed by atoms with van der Waals surface area (Å²) in [6, 6.07) is 4.91. The minimum atomic E-state index is -0.147. The molecule has 2 aromatic heterocycles. The summed E-state index contributed by atoms with van der Waals surface area (Å²) in [5.74, 6) is 1.38. The molecule has 0 saturated carbocycles. The van der Waals surface area contributed by atoms with E-state index in [0.717, 1.165) is 0 Å². The molecule has 0 spiro atoms. The minimum absolute atomic E-state index is 0.147. The van der Waals surface area contributed by atoms with E-state index in [1.54, 1.807) is 18.2 Å². The number of furan rings is 1. The van der Waals surface area contributed by atoms with Crippen molar-refractivity contribution in [3.63, 3.8) is 0 Å². The number of halogens is 2. The fourth-order valence-electron chi connectivity index (χ4n) is 1.20. The molecule has 0 radical (unpaired) electrons. The molecule has 0 aromatic carbocycles. The predicted molar refractivity (Wildman–Crippen MR) is 70.1 cm³/mol. The molecule has 2 aromatic rings. The molecule has 18 heavy (non-hydrogen) atoms. The van der Waals surface area contributed by atoms with Crippen LogP contribution in [0.4, 0.5) is 5.82 Å². The Bertz CT molecular complexity index is 569. The maximum Gasteiger partial charge on any atom is 0.165 e. The zero-order valence-corrected chi connectivity index (χ0v) is 10.6. The Labute approximate surface area is 113 Å². The van der Waals surface area contributed by atoms with Gasteiger partial charge in [-0.3, -0.25) is 5.43 Å². The third-order valence-corrected chi connectivity index (χ3v) is 2.50. The van der Waals surface area contributed by atoms with Crippen molar-refractivity contribution in [1.82, 2.24) is 4.98 Å². The summed E-state index contributed by atoms with van der Waals surface area (Å²) in [5.41, 5.74) is 2.66. The number of pyridine rings is 1. The molecule has 0 aliphatic rings. The Morgan fingerprint density at radius 2 is 2.28 bits per heavy atom. The van der Waals surface area contributed by atoms with Crippen molar-refractivity contribution in [2.75, 3.05) is 5.43 Å². The van der Waals surface area contributed by atoms with Crippen LogP contribution >= 0.6 is 23.2 Å². The Hall–Kier alpha value is -1.56. The second kappa shape index (κ2) is 5.86. The molecule has 7 heteroatoms. The molecule has 5 nitrogen and oxygen atoms in total. The first-order chi connectivity index (χ1) is 8.69. The monoisotopic (exact) mass is 285 g/mol. The summed E-state index contributed by atoms with van der Waals surface area (Å²) < 4.78 is 5.21. The van der Waals surface area contributed by atoms with Crippen LogP contribution in [0, 0.1) is 0 Å². The van der Waals surface area contributed by atoms with Crippen molar-refractivity contribution in [1.29, 1.82) is 0 Å². The number of hydrogen-bond donors (Lipinski definition) is 2. The number of nitrogens with one attached hydrogen (secondary N) is 1. The summed E-state index contributed by atoms with van der Waals surface area (Å²) in [4.78, 5) is 3.97. The summed E-state index contributed by atoms with van der Waals surface area (Å²) in [6.45, 7) is -0.147. The Kier molecular flexibility index (Phi) is 4.19. The molecule has 0 bridgehead atoms. The average Bonchev–Trinajstić information content (AvgIpc) is 2.80. The molecule has 2 rings (SSSR count). The van der Waals surface area contributed by atoms with E-state index in [0.29, 0.717) is 27.4 Å². The third-order valence-electron chi connectivity index (χ3n) is 2.01. The standard InChI is InChI=1S/C11H9Cl2N3O2/c12-7-3-10(13)11(14-4-7)16-15-5-8-1-2-9(6-17)18-8/h1-5,17H,6H2,(H,14,16). The molecule has 0 aliphatic heterocycles. The van der Waals surface area contributed by atoms with E-state index < -0.39 is 0 Å². The highest BCUT2D eigenvalue weighted by molar-refractivity contribution is 6.35. The average molecular weight is 286 g/mol. The lowest BCUT2D eigenvalue weighted by molar-refractivity contribution is 0.247. The molecule has 2 N–H and O–H groups in total. The van der Waals surface area contributed by atoms with Gasteiger partial charge in [-0.05, 0) is 18.2 Å². The Morgan fingerprint density at radius 1 is 1.44 bits per heavy atom. The number of hydrazone groups is 1. The largest absolute Gasteiger partial charge is 0.458 e.